The first-order valence-electron chi connectivity index (χ1n) is 8.84. The maximum absolute atomic E-state index is 12.6. The van der Waals surface area contributed by atoms with Crippen molar-refractivity contribution in [3.63, 3.8) is 0 Å². The molecule has 0 aliphatic carbocycles. The van der Waals surface area contributed by atoms with Crippen molar-refractivity contribution in [1.82, 2.24) is 0 Å². The van der Waals surface area contributed by atoms with E-state index in [2.05, 4.69) is 10.6 Å². The molecule has 0 aliphatic rings. The lowest BCUT2D eigenvalue weighted by molar-refractivity contribution is -0.110. The van der Waals surface area contributed by atoms with Crippen molar-refractivity contribution in [2.45, 2.75) is 6.92 Å². The minimum absolute atomic E-state index is 0.0850. The van der Waals surface area contributed by atoms with Crippen LogP contribution in [0.4, 0.5) is 11.4 Å². The van der Waals surface area contributed by atoms with E-state index in [1.165, 1.54) is 0 Å². The lowest BCUT2D eigenvalue weighted by Gasteiger charge is -2.11. The Morgan fingerprint density at radius 3 is 1.70 bits per heavy atom. The summed E-state index contributed by atoms with van der Waals surface area (Å²) in [6.07, 6.45) is 3.22. The highest BCUT2D eigenvalue weighted by atomic mass is 16.1. The minimum Gasteiger partial charge on any atom is -0.359 e. The molecule has 0 aliphatic heterocycles. The molecule has 0 aromatic heterocycles. The van der Waals surface area contributed by atoms with Crippen LogP contribution in [0.2, 0.25) is 0 Å². The van der Waals surface area contributed by atoms with E-state index in [1.54, 1.807) is 12.2 Å². The SMILES string of the molecule is CC(=CC(=O)C=C(Nc1ccccc1)c1ccccc1)Nc1ccccc1. The van der Waals surface area contributed by atoms with Crippen LogP contribution in [0.15, 0.2) is 109 Å². The number of hydrogen-bond acceptors (Lipinski definition) is 3. The number of ketones is 1. The fourth-order valence-electron chi connectivity index (χ4n) is 2.67. The van der Waals surface area contributed by atoms with Gasteiger partial charge < -0.3 is 10.6 Å². The highest BCUT2D eigenvalue weighted by Crippen LogP contribution is 2.18. The fraction of sp³-hybridized carbons (Fsp3) is 0.0417. The van der Waals surface area contributed by atoms with Crippen molar-refractivity contribution >= 4 is 22.9 Å². The molecule has 0 heterocycles. The quantitative estimate of drug-likeness (QED) is 0.533. The summed E-state index contributed by atoms with van der Waals surface area (Å²) in [4.78, 5) is 12.6. The first-order chi connectivity index (χ1) is 13.2. The summed E-state index contributed by atoms with van der Waals surface area (Å²) in [7, 11) is 0. The Bertz CT molecular complexity index is 930. The van der Waals surface area contributed by atoms with Gasteiger partial charge in [-0.25, -0.2) is 0 Å². The van der Waals surface area contributed by atoms with Gasteiger partial charge in [0.05, 0.1) is 0 Å². The number of nitrogens with one attached hydrogen (secondary N) is 2. The van der Waals surface area contributed by atoms with E-state index < -0.39 is 0 Å². The molecule has 3 nitrogen and oxygen atoms in total. The molecule has 0 atom stereocenters. The van der Waals surface area contributed by atoms with Gasteiger partial charge in [0.1, 0.15) is 0 Å². The molecule has 3 aromatic rings. The summed E-state index contributed by atoms with van der Waals surface area (Å²) in [6.45, 7) is 1.88. The van der Waals surface area contributed by atoms with E-state index >= 15 is 0 Å². The summed E-state index contributed by atoms with van der Waals surface area (Å²) in [6, 6.07) is 29.4. The number of anilines is 2. The Labute approximate surface area is 160 Å². The second-order valence-electron chi connectivity index (χ2n) is 6.14. The minimum atomic E-state index is -0.0850. The zero-order valence-corrected chi connectivity index (χ0v) is 15.2. The van der Waals surface area contributed by atoms with E-state index in [0.29, 0.717) is 0 Å². The number of carbonyl (C=O) groups is 1. The van der Waals surface area contributed by atoms with Crippen molar-refractivity contribution in [2.24, 2.45) is 0 Å². The topological polar surface area (TPSA) is 41.1 Å². The van der Waals surface area contributed by atoms with Crippen molar-refractivity contribution in [3.05, 3.63) is 114 Å². The molecule has 0 radical (unpaired) electrons. The van der Waals surface area contributed by atoms with Crippen molar-refractivity contribution in [2.75, 3.05) is 10.6 Å². The molecule has 27 heavy (non-hydrogen) atoms. The fourth-order valence-corrected chi connectivity index (χ4v) is 2.67. The number of carbonyl (C=O) groups excluding carboxylic acids is 1. The monoisotopic (exact) mass is 354 g/mol. The normalized spacial score (nSPS) is 11.7. The van der Waals surface area contributed by atoms with Crippen LogP contribution >= 0.6 is 0 Å². The molecule has 2 N–H and O–H groups in total. The Hall–Kier alpha value is -3.59. The third-order valence-corrected chi connectivity index (χ3v) is 3.90. The van der Waals surface area contributed by atoms with E-state index in [-0.39, 0.29) is 5.78 Å². The predicted octanol–water partition coefficient (Wildman–Crippen LogP) is 5.72. The number of para-hydroxylation sites is 2. The molecule has 0 unspecified atom stereocenters. The Morgan fingerprint density at radius 1 is 0.667 bits per heavy atom. The average Bonchev–Trinajstić information content (AvgIpc) is 2.69. The lowest BCUT2D eigenvalue weighted by Crippen LogP contribution is -2.03. The largest absolute Gasteiger partial charge is 0.359 e. The van der Waals surface area contributed by atoms with Crippen LogP contribution in [0.5, 0.6) is 0 Å². The van der Waals surface area contributed by atoms with Gasteiger partial charge in [0, 0.05) is 34.9 Å². The summed E-state index contributed by atoms with van der Waals surface area (Å²) in [5.74, 6) is -0.0850. The standard InChI is InChI=1S/C24H22N2O/c1-19(25-21-13-7-3-8-14-21)17-23(27)18-24(20-11-5-2-6-12-20)26-22-15-9-4-10-16-22/h2-18,25-26H,1H3. The summed E-state index contributed by atoms with van der Waals surface area (Å²) < 4.78 is 0. The first kappa shape index (κ1) is 18.2. The average molecular weight is 354 g/mol. The summed E-state index contributed by atoms with van der Waals surface area (Å²) >= 11 is 0. The van der Waals surface area contributed by atoms with Gasteiger partial charge in [-0.3, -0.25) is 4.79 Å². The Kier molecular flexibility index (Phi) is 6.21. The third-order valence-electron chi connectivity index (χ3n) is 3.90. The van der Waals surface area contributed by atoms with Gasteiger partial charge in [-0.15, -0.1) is 0 Å². The van der Waals surface area contributed by atoms with Crippen LogP contribution in [0, 0.1) is 0 Å². The van der Waals surface area contributed by atoms with Crippen molar-refractivity contribution < 1.29 is 4.79 Å². The molecule has 0 spiro atoms. The van der Waals surface area contributed by atoms with Gasteiger partial charge in [0.15, 0.2) is 5.78 Å². The summed E-state index contributed by atoms with van der Waals surface area (Å²) in [5, 5.41) is 6.57. The van der Waals surface area contributed by atoms with Gasteiger partial charge in [-0.1, -0.05) is 66.7 Å². The van der Waals surface area contributed by atoms with Crippen molar-refractivity contribution in [1.29, 1.82) is 0 Å². The maximum Gasteiger partial charge on any atom is 0.182 e. The molecular formula is C24H22N2O. The van der Waals surface area contributed by atoms with Crippen LogP contribution in [0.25, 0.3) is 5.70 Å². The molecule has 134 valence electrons. The molecular weight excluding hydrogens is 332 g/mol. The molecule has 0 fully saturated rings. The van der Waals surface area contributed by atoms with Crippen LogP contribution < -0.4 is 10.6 Å². The molecule has 0 saturated heterocycles. The molecule has 0 saturated carbocycles. The number of rotatable bonds is 7. The smallest absolute Gasteiger partial charge is 0.182 e. The van der Waals surface area contributed by atoms with Gasteiger partial charge >= 0.3 is 0 Å². The number of allylic oxidation sites excluding steroid dienone is 3. The third kappa shape index (κ3) is 5.72. The molecule has 3 heteroatoms. The molecule has 0 amide bonds. The van der Waals surface area contributed by atoms with Crippen LogP contribution in [-0.4, -0.2) is 5.78 Å². The highest BCUT2D eigenvalue weighted by molar-refractivity contribution is 6.06. The molecule has 3 rings (SSSR count). The molecule has 3 aromatic carbocycles. The lowest BCUT2D eigenvalue weighted by atomic mass is 10.1. The van der Waals surface area contributed by atoms with E-state index in [1.807, 2.05) is 97.9 Å². The van der Waals surface area contributed by atoms with Gasteiger partial charge in [0.2, 0.25) is 0 Å². The Balaban J connectivity index is 1.81. The van der Waals surface area contributed by atoms with Gasteiger partial charge in [-0.05, 0) is 36.8 Å². The Morgan fingerprint density at radius 2 is 1.15 bits per heavy atom. The second-order valence-corrected chi connectivity index (χ2v) is 6.14. The second kappa shape index (κ2) is 9.20. The molecule has 0 bridgehead atoms. The van der Waals surface area contributed by atoms with E-state index in [9.17, 15) is 4.79 Å². The maximum atomic E-state index is 12.6. The van der Waals surface area contributed by atoms with Crippen molar-refractivity contribution in [3.8, 4) is 0 Å². The van der Waals surface area contributed by atoms with Crippen LogP contribution in [-0.2, 0) is 4.79 Å². The van der Waals surface area contributed by atoms with E-state index in [4.69, 9.17) is 0 Å². The van der Waals surface area contributed by atoms with E-state index in [0.717, 1.165) is 28.3 Å². The number of benzene rings is 3. The predicted molar refractivity (Wildman–Crippen MR) is 113 cm³/mol. The summed E-state index contributed by atoms with van der Waals surface area (Å²) in [5.41, 5.74) is 4.39. The number of hydrogen-bond donors (Lipinski definition) is 2. The van der Waals surface area contributed by atoms with Crippen LogP contribution in [0.1, 0.15) is 12.5 Å². The zero-order valence-electron chi connectivity index (χ0n) is 15.2. The highest BCUT2D eigenvalue weighted by Gasteiger charge is 2.05. The first-order valence-corrected chi connectivity index (χ1v) is 8.84. The zero-order chi connectivity index (χ0) is 18.9. The van der Waals surface area contributed by atoms with Crippen LogP contribution in [0.3, 0.4) is 0 Å². The van der Waals surface area contributed by atoms with Gasteiger partial charge in [0.25, 0.3) is 0 Å². The van der Waals surface area contributed by atoms with Gasteiger partial charge in [-0.2, -0.15) is 0 Å².